The lowest BCUT2D eigenvalue weighted by Crippen LogP contribution is -2.15. The molecule has 0 unspecified atom stereocenters. The van der Waals surface area contributed by atoms with Gasteiger partial charge in [-0.1, -0.05) is 11.6 Å². The molecule has 0 aliphatic rings. The highest BCUT2D eigenvalue weighted by atomic mass is 35.5. The van der Waals surface area contributed by atoms with Crippen molar-refractivity contribution in [2.24, 2.45) is 7.05 Å². The number of aromatic nitrogens is 2. The Morgan fingerprint density at radius 3 is 2.95 bits per heavy atom. The summed E-state index contributed by atoms with van der Waals surface area (Å²) in [7, 11) is 1.61. The summed E-state index contributed by atoms with van der Waals surface area (Å²) in [5.41, 5.74) is 0.0316. The summed E-state index contributed by atoms with van der Waals surface area (Å²) in [4.78, 5) is 11.9. The summed E-state index contributed by atoms with van der Waals surface area (Å²) in [6.07, 6.45) is 1.45. The Morgan fingerprint density at radius 2 is 2.32 bits per heavy atom. The van der Waals surface area contributed by atoms with E-state index in [0.29, 0.717) is 0 Å². The van der Waals surface area contributed by atoms with Gasteiger partial charge in [0.15, 0.2) is 5.82 Å². The quantitative estimate of drug-likeness (QED) is 0.916. The predicted octanol–water partition coefficient (Wildman–Crippen LogP) is 2.34. The maximum Gasteiger partial charge on any atom is 0.259 e. The van der Waals surface area contributed by atoms with Gasteiger partial charge in [-0.2, -0.15) is 10.4 Å². The SMILES string of the molecule is Cn1cc(C#N)c(NC(=O)c2ccc(Cl)cc2F)n1. The van der Waals surface area contributed by atoms with Crippen LogP contribution in [0.4, 0.5) is 10.2 Å². The Morgan fingerprint density at radius 1 is 1.58 bits per heavy atom. The number of carbonyl (C=O) groups excluding carboxylic acids is 1. The lowest BCUT2D eigenvalue weighted by Gasteiger charge is -2.04. The van der Waals surface area contributed by atoms with Gasteiger partial charge in [-0.3, -0.25) is 9.48 Å². The van der Waals surface area contributed by atoms with Crippen molar-refractivity contribution >= 4 is 23.3 Å². The number of halogens is 2. The minimum atomic E-state index is -0.737. The van der Waals surface area contributed by atoms with Crippen molar-refractivity contribution in [3.63, 3.8) is 0 Å². The molecule has 0 saturated heterocycles. The third kappa shape index (κ3) is 2.72. The van der Waals surface area contributed by atoms with E-state index in [1.165, 1.54) is 23.0 Å². The molecule has 2 rings (SSSR count). The van der Waals surface area contributed by atoms with Gasteiger partial charge in [0.1, 0.15) is 17.4 Å². The molecule has 0 radical (unpaired) electrons. The van der Waals surface area contributed by atoms with Gasteiger partial charge >= 0.3 is 0 Å². The first-order chi connectivity index (χ1) is 9.01. The van der Waals surface area contributed by atoms with E-state index in [-0.39, 0.29) is 22.0 Å². The van der Waals surface area contributed by atoms with Gasteiger partial charge in [-0.15, -0.1) is 0 Å². The van der Waals surface area contributed by atoms with Gasteiger partial charge in [0.2, 0.25) is 0 Å². The zero-order valence-electron chi connectivity index (χ0n) is 9.82. The van der Waals surface area contributed by atoms with Crippen LogP contribution in [-0.4, -0.2) is 15.7 Å². The van der Waals surface area contributed by atoms with E-state index in [2.05, 4.69) is 10.4 Å². The number of carbonyl (C=O) groups is 1. The topological polar surface area (TPSA) is 70.7 Å². The molecule has 96 valence electrons. The van der Waals surface area contributed by atoms with E-state index in [1.807, 2.05) is 6.07 Å². The van der Waals surface area contributed by atoms with Crippen molar-refractivity contribution < 1.29 is 9.18 Å². The van der Waals surface area contributed by atoms with E-state index >= 15 is 0 Å². The number of nitriles is 1. The molecule has 0 aliphatic heterocycles. The molecule has 0 atom stereocenters. The molecule has 1 heterocycles. The van der Waals surface area contributed by atoms with Crippen molar-refractivity contribution in [3.8, 4) is 6.07 Å². The molecule has 1 N–H and O–H groups in total. The minimum absolute atomic E-state index is 0.0874. The van der Waals surface area contributed by atoms with Crippen LogP contribution in [0.15, 0.2) is 24.4 Å². The number of hydrogen-bond donors (Lipinski definition) is 1. The van der Waals surface area contributed by atoms with Gasteiger partial charge < -0.3 is 5.32 Å². The molecule has 1 amide bonds. The second-order valence-corrected chi connectivity index (χ2v) is 4.19. The standard InChI is InChI=1S/C12H8ClFN4O/c1-18-6-7(5-15)11(17-18)16-12(19)9-3-2-8(13)4-10(9)14/h2-4,6H,1H3,(H,16,17,19). The molecule has 0 bridgehead atoms. The second-order valence-electron chi connectivity index (χ2n) is 3.76. The molecule has 5 nitrogen and oxygen atoms in total. The lowest BCUT2D eigenvalue weighted by molar-refractivity contribution is 0.102. The Kier molecular flexibility index (Phi) is 3.49. The number of anilines is 1. The van der Waals surface area contributed by atoms with Gasteiger partial charge in [-0.05, 0) is 18.2 Å². The number of nitrogens with zero attached hydrogens (tertiary/aromatic N) is 3. The highest BCUT2D eigenvalue weighted by Gasteiger charge is 2.15. The molecule has 1 aromatic carbocycles. The second kappa shape index (κ2) is 5.08. The number of rotatable bonds is 2. The van der Waals surface area contributed by atoms with E-state index in [0.717, 1.165) is 6.07 Å². The highest BCUT2D eigenvalue weighted by Crippen LogP contribution is 2.17. The number of benzene rings is 1. The molecular weight excluding hydrogens is 271 g/mol. The number of amides is 1. The highest BCUT2D eigenvalue weighted by molar-refractivity contribution is 6.30. The fourth-order valence-corrected chi connectivity index (χ4v) is 1.67. The van der Waals surface area contributed by atoms with Gasteiger partial charge in [0.05, 0.1) is 5.56 Å². The van der Waals surface area contributed by atoms with Crippen molar-refractivity contribution in [1.82, 2.24) is 9.78 Å². The Labute approximate surface area is 113 Å². The molecule has 0 spiro atoms. The van der Waals surface area contributed by atoms with E-state index in [9.17, 15) is 9.18 Å². The zero-order chi connectivity index (χ0) is 14.0. The molecular formula is C12H8ClFN4O. The minimum Gasteiger partial charge on any atom is -0.304 e. The van der Waals surface area contributed by atoms with Gasteiger partial charge in [0.25, 0.3) is 5.91 Å². The summed E-state index contributed by atoms with van der Waals surface area (Å²) in [6, 6.07) is 5.60. The summed E-state index contributed by atoms with van der Waals surface area (Å²) in [5, 5.41) is 15.3. The number of aryl methyl sites for hydroxylation is 1. The molecule has 2 aromatic rings. The van der Waals surface area contributed by atoms with Crippen LogP contribution in [0.1, 0.15) is 15.9 Å². The number of hydrogen-bond acceptors (Lipinski definition) is 3. The Balaban J connectivity index is 2.28. The van der Waals surface area contributed by atoms with Crippen molar-refractivity contribution in [2.75, 3.05) is 5.32 Å². The smallest absolute Gasteiger partial charge is 0.259 e. The Bertz CT molecular complexity index is 690. The first-order valence-corrected chi connectivity index (χ1v) is 5.59. The van der Waals surface area contributed by atoms with Crippen LogP contribution in [0, 0.1) is 17.1 Å². The van der Waals surface area contributed by atoms with E-state index < -0.39 is 11.7 Å². The molecule has 0 fully saturated rings. The molecule has 7 heteroatoms. The zero-order valence-corrected chi connectivity index (χ0v) is 10.6. The largest absolute Gasteiger partial charge is 0.304 e. The first kappa shape index (κ1) is 13.1. The fraction of sp³-hybridized carbons (Fsp3) is 0.0833. The molecule has 19 heavy (non-hydrogen) atoms. The van der Waals surface area contributed by atoms with Crippen LogP contribution in [-0.2, 0) is 7.05 Å². The molecule has 0 saturated carbocycles. The van der Waals surface area contributed by atoms with Crippen LogP contribution in [0.2, 0.25) is 5.02 Å². The van der Waals surface area contributed by atoms with Crippen molar-refractivity contribution in [1.29, 1.82) is 5.26 Å². The Hall–Kier alpha value is -2.39. The third-order valence-electron chi connectivity index (χ3n) is 2.36. The van der Waals surface area contributed by atoms with Crippen LogP contribution >= 0.6 is 11.6 Å². The van der Waals surface area contributed by atoms with Crippen molar-refractivity contribution in [3.05, 3.63) is 46.4 Å². The fourth-order valence-electron chi connectivity index (χ4n) is 1.51. The van der Waals surface area contributed by atoms with Gasteiger partial charge in [0, 0.05) is 18.3 Å². The normalized spacial score (nSPS) is 10.0. The summed E-state index contributed by atoms with van der Waals surface area (Å²) < 4.78 is 14.9. The van der Waals surface area contributed by atoms with Crippen molar-refractivity contribution in [2.45, 2.75) is 0 Å². The van der Waals surface area contributed by atoms with E-state index in [4.69, 9.17) is 16.9 Å². The molecule has 0 aliphatic carbocycles. The lowest BCUT2D eigenvalue weighted by atomic mass is 10.2. The third-order valence-corrected chi connectivity index (χ3v) is 2.59. The van der Waals surface area contributed by atoms with Crippen LogP contribution in [0.3, 0.4) is 0 Å². The average molecular weight is 279 g/mol. The van der Waals surface area contributed by atoms with Crippen LogP contribution in [0.25, 0.3) is 0 Å². The van der Waals surface area contributed by atoms with E-state index in [1.54, 1.807) is 7.05 Å². The van der Waals surface area contributed by atoms with Crippen LogP contribution in [0.5, 0.6) is 0 Å². The summed E-state index contributed by atoms with van der Waals surface area (Å²) in [6.45, 7) is 0. The summed E-state index contributed by atoms with van der Waals surface area (Å²) in [5.74, 6) is -1.34. The predicted molar refractivity (Wildman–Crippen MR) is 67.3 cm³/mol. The van der Waals surface area contributed by atoms with Gasteiger partial charge in [-0.25, -0.2) is 4.39 Å². The average Bonchev–Trinajstić information content (AvgIpc) is 2.69. The first-order valence-electron chi connectivity index (χ1n) is 5.21. The monoisotopic (exact) mass is 278 g/mol. The van der Waals surface area contributed by atoms with Crippen LogP contribution < -0.4 is 5.32 Å². The number of nitrogens with one attached hydrogen (secondary N) is 1. The maximum absolute atomic E-state index is 13.6. The summed E-state index contributed by atoms with van der Waals surface area (Å²) >= 11 is 5.60. The maximum atomic E-state index is 13.6. The molecule has 1 aromatic heterocycles.